The van der Waals surface area contributed by atoms with Crippen molar-refractivity contribution in [3.05, 3.63) is 57.6 Å². The monoisotopic (exact) mass is 427 g/mol. The number of rotatable bonds is 3. The summed E-state index contributed by atoms with van der Waals surface area (Å²) < 4.78 is 17.0. The van der Waals surface area contributed by atoms with Crippen LogP contribution in [0.15, 0.2) is 33.5 Å². The third-order valence-electron chi connectivity index (χ3n) is 6.12. The lowest BCUT2D eigenvalue weighted by Gasteiger charge is -2.19. The topological polar surface area (TPSA) is 105 Å². The van der Waals surface area contributed by atoms with E-state index in [0.717, 1.165) is 44.2 Å². The molecule has 4 N–H and O–H groups in total. The number of nitrogens with zero attached hydrogens (tertiary/aromatic N) is 1. The molecule has 160 valence electrons. The number of carbonyl (C=O) groups is 1. The Morgan fingerprint density at radius 3 is 2.23 bits per heavy atom. The van der Waals surface area contributed by atoms with Crippen LogP contribution in [0.1, 0.15) is 60.1 Å². The second kappa shape index (κ2) is 7.48. The first-order valence-electron chi connectivity index (χ1n) is 10.4. The number of amides is 2. The predicted molar refractivity (Wildman–Crippen MR) is 119 cm³/mol. The zero-order chi connectivity index (χ0) is 21.7. The predicted octanol–water partition coefficient (Wildman–Crippen LogP) is 4.13. The number of aliphatic hydroxyl groups is 1. The molecule has 2 aromatic carbocycles. The Morgan fingerprint density at radius 1 is 1.10 bits per heavy atom. The summed E-state index contributed by atoms with van der Waals surface area (Å²) in [5.41, 5.74) is 6.12. The molecule has 0 unspecified atom stereocenters. The summed E-state index contributed by atoms with van der Waals surface area (Å²) in [5.74, 6) is 0. The van der Waals surface area contributed by atoms with Gasteiger partial charge in [-0.2, -0.15) is 0 Å². The van der Waals surface area contributed by atoms with Crippen LogP contribution < -0.4 is 10.5 Å². The van der Waals surface area contributed by atoms with Crippen molar-refractivity contribution in [1.29, 1.82) is 0 Å². The molecule has 0 heterocycles. The van der Waals surface area contributed by atoms with E-state index >= 15 is 0 Å². The first-order chi connectivity index (χ1) is 14.1. The van der Waals surface area contributed by atoms with Gasteiger partial charge in [-0.1, -0.05) is 18.2 Å². The Kier molecular flexibility index (Phi) is 5.24. The van der Waals surface area contributed by atoms with Gasteiger partial charge < -0.3 is 10.4 Å². The average molecular weight is 428 g/mol. The zero-order valence-corrected chi connectivity index (χ0v) is 18.6. The Hall–Kier alpha value is -2.22. The van der Waals surface area contributed by atoms with Crippen LogP contribution in [0.2, 0.25) is 0 Å². The van der Waals surface area contributed by atoms with Crippen LogP contribution in [0.3, 0.4) is 0 Å². The molecule has 2 amide bonds. The quantitative estimate of drug-likeness (QED) is 0.686. The summed E-state index contributed by atoms with van der Waals surface area (Å²) in [5, 5.41) is 19.1. The number of carbonyl (C=O) groups excluding carboxylic acids is 1. The van der Waals surface area contributed by atoms with Crippen LogP contribution >= 0.6 is 0 Å². The van der Waals surface area contributed by atoms with Gasteiger partial charge >= 0.3 is 6.03 Å². The Balaban J connectivity index is 1.67. The molecular weight excluding hydrogens is 398 g/mol. The number of nitrogens with one attached hydrogen (secondary N) is 1. The highest BCUT2D eigenvalue weighted by atomic mass is 32.2. The molecule has 4 rings (SSSR count). The van der Waals surface area contributed by atoms with E-state index in [9.17, 15) is 14.1 Å². The first-order valence-corrected chi connectivity index (χ1v) is 12.0. The number of urea groups is 1. The Morgan fingerprint density at radius 2 is 1.70 bits per heavy atom. The van der Waals surface area contributed by atoms with Gasteiger partial charge in [-0.3, -0.25) is 0 Å². The molecule has 1 atom stereocenters. The van der Waals surface area contributed by atoms with Crippen molar-refractivity contribution in [2.45, 2.75) is 69.8 Å². The van der Waals surface area contributed by atoms with Crippen LogP contribution in [-0.2, 0) is 41.2 Å². The van der Waals surface area contributed by atoms with E-state index < -0.39 is 21.5 Å². The molecule has 30 heavy (non-hydrogen) atoms. The van der Waals surface area contributed by atoms with Gasteiger partial charge in [-0.15, -0.1) is 4.36 Å². The van der Waals surface area contributed by atoms with Crippen LogP contribution in [-0.4, -0.2) is 15.3 Å². The largest absolute Gasteiger partial charge is 0.386 e. The van der Waals surface area contributed by atoms with Crippen molar-refractivity contribution in [2.24, 2.45) is 9.50 Å². The third-order valence-corrected chi connectivity index (χ3v) is 7.65. The highest BCUT2D eigenvalue weighted by molar-refractivity contribution is 7.91. The van der Waals surface area contributed by atoms with Crippen LogP contribution in [0.4, 0.5) is 10.5 Å². The molecule has 7 heteroatoms. The Bertz CT molecular complexity index is 1120. The fourth-order valence-electron chi connectivity index (χ4n) is 4.63. The minimum atomic E-state index is -3.42. The SMILES string of the molecule is Cc1cc(C(C)(C)O)ccc1[S@@](N)(=O)=NC(=O)Nc1c2c(cc3c1CCC3)CCC2. The lowest BCUT2D eigenvalue weighted by Crippen LogP contribution is -2.21. The molecule has 0 radical (unpaired) electrons. The van der Waals surface area contributed by atoms with E-state index in [2.05, 4.69) is 15.7 Å². The molecule has 2 aliphatic carbocycles. The number of benzene rings is 2. The maximum atomic E-state index is 13.1. The summed E-state index contributed by atoms with van der Waals surface area (Å²) in [6.07, 6.45) is 6.10. The van der Waals surface area contributed by atoms with Gasteiger partial charge in [-0.25, -0.2) is 14.1 Å². The van der Waals surface area contributed by atoms with Crippen molar-refractivity contribution in [3.8, 4) is 0 Å². The Labute approximate surface area is 178 Å². The number of nitrogens with two attached hydrogens (primary N) is 1. The van der Waals surface area contributed by atoms with E-state index in [1.54, 1.807) is 39.0 Å². The number of fused-ring (bicyclic) bond motifs is 2. The second-order valence-corrected chi connectivity index (χ2v) is 10.6. The molecule has 0 bridgehead atoms. The minimum absolute atomic E-state index is 0.300. The number of hydrogen-bond donors (Lipinski definition) is 3. The van der Waals surface area contributed by atoms with Gasteiger partial charge in [0.1, 0.15) is 9.92 Å². The van der Waals surface area contributed by atoms with Crippen molar-refractivity contribution >= 4 is 21.6 Å². The molecule has 0 fully saturated rings. The summed E-state index contributed by atoms with van der Waals surface area (Å²) in [4.78, 5) is 13.1. The highest BCUT2D eigenvalue weighted by Gasteiger charge is 2.25. The molecule has 6 nitrogen and oxygen atoms in total. The van der Waals surface area contributed by atoms with E-state index in [1.807, 2.05) is 0 Å². The van der Waals surface area contributed by atoms with Crippen LogP contribution in [0, 0.1) is 6.92 Å². The maximum Gasteiger partial charge on any atom is 0.354 e. The van der Waals surface area contributed by atoms with E-state index in [4.69, 9.17) is 5.14 Å². The van der Waals surface area contributed by atoms with Gasteiger partial charge in [-0.05, 0) is 98.7 Å². The zero-order valence-electron chi connectivity index (χ0n) is 17.7. The maximum absolute atomic E-state index is 13.1. The van der Waals surface area contributed by atoms with Gasteiger partial charge in [0.25, 0.3) is 0 Å². The molecule has 2 aromatic rings. The average Bonchev–Trinajstić information content (AvgIpc) is 3.28. The van der Waals surface area contributed by atoms with Gasteiger partial charge in [0.05, 0.1) is 10.5 Å². The molecule has 0 saturated carbocycles. The minimum Gasteiger partial charge on any atom is -0.386 e. The smallest absolute Gasteiger partial charge is 0.354 e. The third kappa shape index (κ3) is 3.89. The number of anilines is 1. The summed E-state index contributed by atoms with van der Waals surface area (Å²) in [6.45, 7) is 5.10. The van der Waals surface area contributed by atoms with Gasteiger partial charge in [0, 0.05) is 5.69 Å². The van der Waals surface area contributed by atoms with Crippen molar-refractivity contribution in [1.82, 2.24) is 0 Å². The van der Waals surface area contributed by atoms with Crippen molar-refractivity contribution in [2.75, 3.05) is 5.32 Å². The molecule has 0 aliphatic heterocycles. The molecular formula is C23H29N3O3S. The van der Waals surface area contributed by atoms with Crippen LogP contribution in [0.25, 0.3) is 0 Å². The lowest BCUT2D eigenvalue weighted by molar-refractivity contribution is 0.0784. The second-order valence-electron chi connectivity index (χ2n) is 8.86. The van der Waals surface area contributed by atoms with E-state index in [-0.39, 0.29) is 0 Å². The highest BCUT2D eigenvalue weighted by Crippen LogP contribution is 2.38. The lowest BCUT2D eigenvalue weighted by atomic mass is 9.97. The molecule has 2 aliphatic rings. The van der Waals surface area contributed by atoms with E-state index in [1.165, 1.54) is 22.3 Å². The van der Waals surface area contributed by atoms with Gasteiger partial charge in [0.2, 0.25) is 0 Å². The fourth-order valence-corrected chi connectivity index (χ4v) is 5.80. The molecule has 0 saturated heterocycles. The van der Waals surface area contributed by atoms with Gasteiger partial charge in [0.15, 0.2) is 0 Å². The van der Waals surface area contributed by atoms with Crippen molar-refractivity contribution < 1.29 is 14.1 Å². The summed E-state index contributed by atoms with van der Waals surface area (Å²) >= 11 is 0. The van der Waals surface area contributed by atoms with Crippen molar-refractivity contribution in [3.63, 3.8) is 0 Å². The normalized spacial score (nSPS) is 17.2. The van der Waals surface area contributed by atoms with Crippen LogP contribution in [0.5, 0.6) is 0 Å². The summed E-state index contributed by atoms with van der Waals surface area (Å²) in [6, 6.07) is 6.59. The fraction of sp³-hybridized carbons (Fsp3) is 0.435. The van der Waals surface area contributed by atoms with E-state index in [0.29, 0.717) is 16.0 Å². The first kappa shape index (κ1) is 21.0. The summed E-state index contributed by atoms with van der Waals surface area (Å²) in [7, 11) is -3.42. The molecule has 0 aromatic heterocycles. The number of aryl methyl sites for hydroxylation is 3. The molecule has 0 spiro atoms. The standard InChI is InChI=1S/C23H29N3O3S/c1-14-12-17(23(2,3)28)10-11-20(14)30(24,29)26-22(27)25-21-18-8-4-6-15(18)13-16-7-5-9-19(16)21/h10-13,28H,4-9H2,1-3H3,(H3,24,25,26,27,29)/t30-/m0/s1. The number of hydrogen-bond acceptors (Lipinski definition) is 3.